The highest BCUT2D eigenvalue weighted by Gasteiger charge is 2.44. The topological polar surface area (TPSA) is 37.4 Å². The van der Waals surface area contributed by atoms with Crippen LogP contribution in [0.3, 0.4) is 0 Å². The van der Waals surface area contributed by atoms with Crippen molar-refractivity contribution in [3.8, 4) is 0 Å². The summed E-state index contributed by atoms with van der Waals surface area (Å²) in [7, 11) is 1.74. The maximum Gasteiger partial charge on any atom is 0.249 e. The molecule has 0 radical (unpaired) electrons. The molecular weight excluding hydrogens is 262 g/mol. The molecule has 100 valence electrons. The monoisotopic (exact) mass is 277 g/mol. The summed E-state index contributed by atoms with van der Waals surface area (Å²) in [5.74, 6) is -0.118. The maximum atomic E-state index is 12.2. The van der Waals surface area contributed by atoms with Gasteiger partial charge in [-0.1, -0.05) is 36.9 Å². The van der Waals surface area contributed by atoms with Crippen LogP contribution in [0.5, 0.6) is 0 Å². The fraction of sp³-hybridized carbons (Fsp3) is 0.333. The molecule has 1 aromatic rings. The van der Waals surface area contributed by atoms with E-state index in [9.17, 15) is 9.59 Å². The van der Waals surface area contributed by atoms with Crippen LogP contribution in [0.2, 0.25) is 0 Å². The Labute approximate surface area is 117 Å². The Morgan fingerprint density at radius 3 is 2.63 bits per heavy atom. The lowest BCUT2D eigenvalue weighted by molar-refractivity contribution is -0.128. The normalized spacial score (nSPS) is 23.6. The van der Waals surface area contributed by atoms with Crippen molar-refractivity contribution in [2.24, 2.45) is 0 Å². The Morgan fingerprint density at radius 1 is 1.42 bits per heavy atom. The van der Waals surface area contributed by atoms with Gasteiger partial charge in [0.25, 0.3) is 0 Å². The first kappa shape index (κ1) is 13.8. The molecule has 0 spiro atoms. The zero-order valence-electron chi connectivity index (χ0n) is 10.9. The molecule has 1 amide bonds. The van der Waals surface area contributed by atoms with Crippen molar-refractivity contribution in [1.29, 1.82) is 0 Å². The lowest BCUT2D eigenvalue weighted by Gasteiger charge is -2.41. The van der Waals surface area contributed by atoms with Gasteiger partial charge in [0.15, 0.2) is 0 Å². The average Bonchev–Trinajstić information content (AvgIpc) is 2.40. The summed E-state index contributed by atoms with van der Waals surface area (Å²) in [6, 6.07) is 9.53. The minimum Gasteiger partial charge on any atom is -0.342 e. The largest absolute Gasteiger partial charge is 0.342 e. The zero-order valence-corrected chi connectivity index (χ0v) is 11.6. The molecule has 1 heterocycles. The van der Waals surface area contributed by atoms with E-state index in [0.29, 0.717) is 18.5 Å². The van der Waals surface area contributed by atoms with Crippen molar-refractivity contribution in [3.63, 3.8) is 0 Å². The van der Waals surface area contributed by atoms with Crippen molar-refractivity contribution in [2.75, 3.05) is 13.6 Å². The van der Waals surface area contributed by atoms with E-state index in [1.54, 1.807) is 11.9 Å². The highest BCUT2D eigenvalue weighted by molar-refractivity contribution is 6.63. The van der Waals surface area contributed by atoms with Crippen LogP contribution >= 0.6 is 11.6 Å². The number of amides is 1. The van der Waals surface area contributed by atoms with E-state index in [4.69, 9.17) is 11.6 Å². The number of carbonyl (C=O) groups is 2. The van der Waals surface area contributed by atoms with E-state index in [2.05, 4.69) is 6.58 Å². The SMILES string of the molecule is C=C1C(=O)N(C)CCC1(CC(=O)Cl)c1ccccc1. The Kier molecular flexibility index (Phi) is 3.76. The average molecular weight is 278 g/mol. The van der Waals surface area contributed by atoms with E-state index in [-0.39, 0.29) is 12.3 Å². The summed E-state index contributed by atoms with van der Waals surface area (Å²) in [6.07, 6.45) is 0.771. The molecule has 4 heteroatoms. The Hall–Kier alpha value is -1.61. The van der Waals surface area contributed by atoms with Gasteiger partial charge >= 0.3 is 0 Å². The van der Waals surface area contributed by atoms with E-state index < -0.39 is 10.7 Å². The van der Waals surface area contributed by atoms with Gasteiger partial charge < -0.3 is 4.90 Å². The smallest absolute Gasteiger partial charge is 0.249 e. The van der Waals surface area contributed by atoms with Gasteiger partial charge in [-0.15, -0.1) is 0 Å². The molecule has 0 saturated carbocycles. The first-order valence-corrected chi connectivity index (χ1v) is 6.54. The molecule has 1 unspecified atom stereocenters. The Balaban J connectivity index is 2.50. The van der Waals surface area contributed by atoms with Gasteiger partial charge in [-0.05, 0) is 23.6 Å². The van der Waals surface area contributed by atoms with E-state index >= 15 is 0 Å². The summed E-state index contributed by atoms with van der Waals surface area (Å²) >= 11 is 5.60. The molecule has 1 saturated heterocycles. The number of piperidine rings is 1. The summed E-state index contributed by atoms with van der Waals surface area (Å²) in [5.41, 5.74) is 0.709. The molecule has 0 aromatic heterocycles. The predicted molar refractivity (Wildman–Crippen MR) is 75.0 cm³/mol. The molecule has 0 aliphatic carbocycles. The van der Waals surface area contributed by atoms with Gasteiger partial charge in [-0.2, -0.15) is 0 Å². The van der Waals surface area contributed by atoms with Gasteiger partial charge in [0.05, 0.1) is 0 Å². The van der Waals surface area contributed by atoms with Crippen LogP contribution in [0.25, 0.3) is 0 Å². The standard InChI is InChI=1S/C15H16ClNO2/c1-11-14(19)17(2)9-8-15(11,10-13(16)18)12-6-4-3-5-7-12/h3-7H,1,8-10H2,2H3. The van der Waals surface area contributed by atoms with Gasteiger partial charge in [-0.3, -0.25) is 9.59 Å². The zero-order chi connectivity index (χ0) is 14.0. The van der Waals surface area contributed by atoms with Crippen LogP contribution in [0.4, 0.5) is 0 Å². The molecule has 1 aliphatic heterocycles. The van der Waals surface area contributed by atoms with Gasteiger partial charge in [0.1, 0.15) is 0 Å². The Morgan fingerprint density at radius 2 is 2.05 bits per heavy atom. The summed E-state index contributed by atoms with van der Waals surface area (Å²) in [6.45, 7) is 4.52. The fourth-order valence-corrected chi connectivity index (χ4v) is 2.88. The number of hydrogen-bond donors (Lipinski definition) is 0. The van der Waals surface area contributed by atoms with Crippen LogP contribution in [-0.4, -0.2) is 29.6 Å². The Bertz CT molecular complexity index is 526. The molecule has 0 N–H and O–H groups in total. The van der Waals surface area contributed by atoms with Crippen LogP contribution < -0.4 is 0 Å². The quantitative estimate of drug-likeness (QED) is 0.629. The lowest BCUT2D eigenvalue weighted by Crippen LogP contribution is -2.47. The van der Waals surface area contributed by atoms with E-state index in [1.807, 2.05) is 30.3 Å². The van der Waals surface area contributed by atoms with Crippen molar-refractivity contribution < 1.29 is 9.59 Å². The molecule has 2 rings (SSSR count). The number of benzene rings is 1. The number of hydrogen-bond acceptors (Lipinski definition) is 2. The van der Waals surface area contributed by atoms with Crippen molar-refractivity contribution in [1.82, 2.24) is 4.90 Å². The summed E-state index contributed by atoms with van der Waals surface area (Å²) < 4.78 is 0. The maximum absolute atomic E-state index is 12.2. The first-order chi connectivity index (χ1) is 8.97. The molecule has 19 heavy (non-hydrogen) atoms. The lowest BCUT2D eigenvalue weighted by atomic mass is 9.68. The molecular formula is C15H16ClNO2. The molecule has 1 fully saturated rings. The number of likely N-dealkylation sites (N-methyl/N-ethyl adjacent to an activating group) is 1. The minimum atomic E-state index is -0.663. The van der Waals surface area contributed by atoms with Crippen LogP contribution in [0, 0.1) is 0 Å². The number of carbonyl (C=O) groups excluding carboxylic acids is 2. The van der Waals surface area contributed by atoms with Crippen LogP contribution in [0.15, 0.2) is 42.5 Å². The first-order valence-electron chi connectivity index (χ1n) is 6.16. The molecule has 1 atom stereocenters. The van der Waals surface area contributed by atoms with E-state index in [0.717, 1.165) is 5.56 Å². The second kappa shape index (κ2) is 5.17. The molecule has 1 aromatic carbocycles. The number of nitrogens with zero attached hydrogens (tertiary/aromatic N) is 1. The third kappa shape index (κ3) is 2.43. The highest BCUT2D eigenvalue weighted by atomic mass is 35.5. The second-order valence-corrected chi connectivity index (χ2v) is 5.36. The summed E-state index contributed by atoms with van der Waals surface area (Å²) in [5, 5.41) is -0.442. The predicted octanol–water partition coefficient (Wildman–Crippen LogP) is 2.50. The molecule has 0 bridgehead atoms. The number of rotatable bonds is 3. The van der Waals surface area contributed by atoms with Gasteiger partial charge in [-0.25, -0.2) is 0 Å². The summed E-state index contributed by atoms with van der Waals surface area (Å²) in [4.78, 5) is 25.2. The van der Waals surface area contributed by atoms with Gasteiger partial charge in [0.2, 0.25) is 11.1 Å². The highest BCUT2D eigenvalue weighted by Crippen LogP contribution is 2.42. The third-order valence-electron chi connectivity index (χ3n) is 3.82. The van der Waals surface area contributed by atoms with Crippen LogP contribution in [-0.2, 0) is 15.0 Å². The fourth-order valence-electron chi connectivity index (χ4n) is 2.66. The second-order valence-electron chi connectivity index (χ2n) is 4.94. The molecule has 1 aliphatic rings. The number of likely N-dealkylation sites (tertiary alicyclic amines) is 1. The van der Waals surface area contributed by atoms with Crippen LogP contribution in [0.1, 0.15) is 18.4 Å². The van der Waals surface area contributed by atoms with Crippen molar-refractivity contribution in [2.45, 2.75) is 18.3 Å². The third-order valence-corrected chi connectivity index (χ3v) is 3.96. The van der Waals surface area contributed by atoms with Crippen molar-refractivity contribution >= 4 is 22.8 Å². The van der Waals surface area contributed by atoms with Gasteiger partial charge in [0, 0.05) is 31.0 Å². The number of halogens is 1. The minimum absolute atomic E-state index is 0.108. The van der Waals surface area contributed by atoms with Crippen molar-refractivity contribution in [3.05, 3.63) is 48.0 Å². The molecule has 3 nitrogen and oxygen atoms in total. The van der Waals surface area contributed by atoms with E-state index in [1.165, 1.54) is 0 Å².